The van der Waals surface area contributed by atoms with Gasteiger partial charge in [0.2, 0.25) is 0 Å². The van der Waals surface area contributed by atoms with Crippen molar-refractivity contribution in [3.05, 3.63) is 0 Å². The van der Waals surface area contributed by atoms with Crippen molar-refractivity contribution < 1.29 is 23.8 Å². The number of methoxy groups -OCH3 is 1. The molecule has 5 heteroatoms. The highest BCUT2D eigenvalue weighted by molar-refractivity contribution is 5.96. The smallest absolute Gasteiger partial charge is 0.313 e. The molecule has 88 valence electrons. The van der Waals surface area contributed by atoms with Crippen LogP contribution in [0.2, 0.25) is 0 Å². The first-order chi connectivity index (χ1) is 7.10. The van der Waals surface area contributed by atoms with Crippen molar-refractivity contribution >= 4 is 11.8 Å². The van der Waals surface area contributed by atoms with E-state index in [4.69, 9.17) is 9.47 Å². The zero-order chi connectivity index (χ0) is 11.7. The van der Waals surface area contributed by atoms with E-state index in [2.05, 4.69) is 4.74 Å². The maximum atomic E-state index is 11.2. The van der Waals surface area contributed by atoms with Gasteiger partial charge < -0.3 is 14.2 Å². The molecule has 15 heavy (non-hydrogen) atoms. The highest BCUT2D eigenvalue weighted by Gasteiger charge is 2.11. The molecule has 5 nitrogen and oxygen atoms in total. The van der Waals surface area contributed by atoms with E-state index in [1.807, 2.05) is 0 Å². The number of ether oxygens (including phenoxy) is 3. The van der Waals surface area contributed by atoms with Crippen LogP contribution >= 0.6 is 0 Å². The first kappa shape index (κ1) is 14.1. The monoisotopic (exact) mass is 218 g/mol. The number of carbonyl (C=O) groups is 2. The molecule has 0 rings (SSSR count). The summed E-state index contributed by atoms with van der Waals surface area (Å²) in [7, 11) is 1.56. The predicted molar refractivity (Wildman–Crippen MR) is 53.5 cm³/mol. The van der Waals surface area contributed by atoms with Crippen LogP contribution in [0, 0.1) is 0 Å². The van der Waals surface area contributed by atoms with Crippen molar-refractivity contribution in [3.63, 3.8) is 0 Å². The number of ketones is 1. The summed E-state index contributed by atoms with van der Waals surface area (Å²) in [5, 5.41) is 0. The fourth-order valence-corrected chi connectivity index (χ4v) is 0.942. The molecule has 1 atom stereocenters. The standard InChI is InChI=1S/C10H18O5/c1-4-14-10(12)5-9(11)7-15-8(2)6-13-3/h8H,4-7H2,1-3H3. The number of hydrogen-bond donors (Lipinski definition) is 0. The molecule has 0 fully saturated rings. The molecule has 0 aliphatic rings. The lowest BCUT2D eigenvalue weighted by Gasteiger charge is -2.10. The average molecular weight is 218 g/mol. The van der Waals surface area contributed by atoms with E-state index in [-0.39, 0.29) is 31.5 Å². The zero-order valence-corrected chi connectivity index (χ0v) is 9.45. The van der Waals surface area contributed by atoms with Gasteiger partial charge in [0.15, 0.2) is 5.78 Å². The molecule has 0 spiro atoms. The first-order valence-corrected chi connectivity index (χ1v) is 4.88. The number of rotatable bonds is 8. The first-order valence-electron chi connectivity index (χ1n) is 4.88. The highest BCUT2D eigenvalue weighted by atomic mass is 16.5. The van der Waals surface area contributed by atoms with Crippen LogP contribution in [0.1, 0.15) is 20.3 Å². The molecule has 0 aromatic heterocycles. The van der Waals surface area contributed by atoms with Crippen molar-refractivity contribution in [2.24, 2.45) is 0 Å². The molecule has 0 aliphatic carbocycles. The Bertz CT molecular complexity index is 202. The van der Waals surface area contributed by atoms with Gasteiger partial charge in [0.05, 0.1) is 19.3 Å². The normalized spacial score (nSPS) is 12.2. The summed E-state index contributed by atoms with van der Waals surface area (Å²) in [5.74, 6) is -0.790. The number of hydrogen-bond acceptors (Lipinski definition) is 5. The van der Waals surface area contributed by atoms with Crippen LogP contribution in [0.3, 0.4) is 0 Å². The topological polar surface area (TPSA) is 61.8 Å². The minimum Gasteiger partial charge on any atom is -0.466 e. The molecule has 0 saturated carbocycles. The third kappa shape index (κ3) is 8.08. The summed E-state index contributed by atoms with van der Waals surface area (Å²) in [6.07, 6.45) is -0.380. The third-order valence-corrected chi connectivity index (χ3v) is 1.58. The Hall–Kier alpha value is -0.940. The van der Waals surface area contributed by atoms with Crippen LogP contribution in [0.5, 0.6) is 0 Å². The second kappa shape index (κ2) is 8.38. The van der Waals surface area contributed by atoms with Crippen LogP contribution in [0.15, 0.2) is 0 Å². The molecule has 0 N–H and O–H groups in total. The average Bonchev–Trinajstić information content (AvgIpc) is 2.15. The number of Topliss-reactive ketones (excluding diaryl/α,β-unsaturated/α-hetero) is 1. The SMILES string of the molecule is CCOC(=O)CC(=O)COC(C)COC. The van der Waals surface area contributed by atoms with Gasteiger partial charge in [0.1, 0.15) is 13.0 Å². The van der Waals surface area contributed by atoms with E-state index < -0.39 is 5.97 Å². The van der Waals surface area contributed by atoms with Crippen molar-refractivity contribution in [3.8, 4) is 0 Å². The fourth-order valence-electron chi connectivity index (χ4n) is 0.942. The Labute approximate surface area is 89.7 Å². The van der Waals surface area contributed by atoms with Crippen LogP contribution in [-0.2, 0) is 23.8 Å². The molecule has 1 unspecified atom stereocenters. The van der Waals surface area contributed by atoms with Crippen LogP contribution < -0.4 is 0 Å². The molecule has 0 radical (unpaired) electrons. The van der Waals surface area contributed by atoms with Crippen LogP contribution in [0.4, 0.5) is 0 Å². The van der Waals surface area contributed by atoms with Crippen molar-refractivity contribution in [1.82, 2.24) is 0 Å². The van der Waals surface area contributed by atoms with E-state index >= 15 is 0 Å². The summed E-state index contributed by atoms with van der Waals surface area (Å²) in [4.78, 5) is 22.1. The minimum atomic E-state index is -0.509. The third-order valence-electron chi connectivity index (χ3n) is 1.58. The van der Waals surface area contributed by atoms with Gasteiger partial charge in [-0.2, -0.15) is 0 Å². The fraction of sp³-hybridized carbons (Fsp3) is 0.800. The van der Waals surface area contributed by atoms with E-state index in [0.717, 1.165) is 0 Å². The van der Waals surface area contributed by atoms with Gasteiger partial charge in [-0.25, -0.2) is 0 Å². The quantitative estimate of drug-likeness (QED) is 0.440. The van der Waals surface area contributed by atoms with Crippen LogP contribution in [0.25, 0.3) is 0 Å². The Morgan fingerprint density at radius 1 is 1.33 bits per heavy atom. The van der Waals surface area contributed by atoms with Gasteiger partial charge in [-0.1, -0.05) is 0 Å². The number of carbonyl (C=O) groups excluding carboxylic acids is 2. The van der Waals surface area contributed by atoms with Crippen molar-refractivity contribution in [1.29, 1.82) is 0 Å². The Balaban J connectivity index is 3.61. The second-order valence-corrected chi connectivity index (χ2v) is 3.10. The second-order valence-electron chi connectivity index (χ2n) is 3.10. The molecule has 0 amide bonds. The largest absolute Gasteiger partial charge is 0.466 e. The molecule has 0 aromatic carbocycles. The predicted octanol–water partition coefficient (Wildman–Crippen LogP) is 0.560. The lowest BCUT2D eigenvalue weighted by atomic mass is 10.3. The molecule has 0 bridgehead atoms. The Kier molecular flexibility index (Phi) is 7.85. The molecule has 0 saturated heterocycles. The van der Waals surface area contributed by atoms with Gasteiger partial charge in [-0.3, -0.25) is 9.59 Å². The van der Waals surface area contributed by atoms with Gasteiger partial charge in [0.25, 0.3) is 0 Å². The highest BCUT2D eigenvalue weighted by Crippen LogP contribution is 1.95. The van der Waals surface area contributed by atoms with E-state index in [1.165, 1.54) is 0 Å². The Morgan fingerprint density at radius 2 is 2.00 bits per heavy atom. The van der Waals surface area contributed by atoms with Crippen LogP contribution in [-0.4, -0.2) is 44.8 Å². The zero-order valence-electron chi connectivity index (χ0n) is 9.45. The molecule has 0 aliphatic heterocycles. The van der Waals surface area contributed by atoms with Gasteiger partial charge >= 0.3 is 5.97 Å². The van der Waals surface area contributed by atoms with E-state index in [1.54, 1.807) is 21.0 Å². The van der Waals surface area contributed by atoms with Gasteiger partial charge in [-0.05, 0) is 13.8 Å². The van der Waals surface area contributed by atoms with E-state index in [9.17, 15) is 9.59 Å². The summed E-state index contributed by atoms with van der Waals surface area (Å²) < 4.78 is 14.6. The van der Waals surface area contributed by atoms with Crippen molar-refractivity contribution in [2.45, 2.75) is 26.4 Å². The maximum absolute atomic E-state index is 11.2. The maximum Gasteiger partial charge on any atom is 0.313 e. The summed E-state index contributed by atoms with van der Waals surface area (Å²) >= 11 is 0. The molecular weight excluding hydrogens is 200 g/mol. The molecule has 0 aromatic rings. The summed E-state index contributed by atoms with van der Waals surface area (Å²) in [5.41, 5.74) is 0. The molecule has 0 heterocycles. The lowest BCUT2D eigenvalue weighted by molar-refractivity contribution is -0.147. The van der Waals surface area contributed by atoms with Gasteiger partial charge in [-0.15, -0.1) is 0 Å². The summed E-state index contributed by atoms with van der Waals surface area (Å²) in [6, 6.07) is 0. The molecular formula is C10H18O5. The lowest BCUT2D eigenvalue weighted by Crippen LogP contribution is -2.22. The Morgan fingerprint density at radius 3 is 2.53 bits per heavy atom. The number of esters is 1. The van der Waals surface area contributed by atoms with E-state index in [0.29, 0.717) is 6.61 Å². The minimum absolute atomic E-state index is 0.0800. The van der Waals surface area contributed by atoms with Crippen molar-refractivity contribution in [2.75, 3.05) is 26.9 Å². The van der Waals surface area contributed by atoms with Gasteiger partial charge in [0, 0.05) is 7.11 Å². The summed E-state index contributed by atoms with van der Waals surface area (Å²) in [6.45, 7) is 4.11.